The standard InChI is InChI=1S/C23H37N5O/c1-3-24-23(26-16-22(29)28-13-4-5-14-28)25-15-20-8-10-21(11-9-20)18-27-12-6-7-19(2)17-27/h8-11,19H,3-7,12-18H2,1-2H3,(H2,24,25,26). The minimum absolute atomic E-state index is 0.157. The molecule has 0 radical (unpaired) electrons. The van der Waals surface area contributed by atoms with E-state index in [1.807, 2.05) is 11.8 Å². The maximum Gasteiger partial charge on any atom is 0.241 e. The third-order valence-corrected chi connectivity index (χ3v) is 5.80. The lowest BCUT2D eigenvalue weighted by molar-refractivity contribution is -0.128. The molecule has 2 saturated heterocycles. The number of carbonyl (C=O) groups is 1. The molecule has 0 aliphatic carbocycles. The normalized spacial score (nSPS) is 20.7. The maximum atomic E-state index is 12.2. The van der Waals surface area contributed by atoms with Crippen molar-refractivity contribution in [3.63, 3.8) is 0 Å². The lowest BCUT2D eigenvalue weighted by Gasteiger charge is -2.30. The first-order chi connectivity index (χ1) is 14.1. The predicted octanol–water partition coefficient (Wildman–Crippen LogP) is 2.60. The Hall–Kier alpha value is -2.08. The van der Waals surface area contributed by atoms with E-state index < -0.39 is 0 Å². The van der Waals surface area contributed by atoms with Crippen molar-refractivity contribution in [3.8, 4) is 0 Å². The third-order valence-electron chi connectivity index (χ3n) is 5.80. The first-order valence-corrected chi connectivity index (χ1v) is 11.2. The van der Waals surface area contributed by atoms with Crippen LogP contribution in [0.4, 0.5) is 0 Å². The van der Waals surface area contributed by atoms with Crippen LogP contribution in [-0.4, -0.2) is 60.9 Å². The summed E-state index contributed by atoms with van der Waals surface area (Å²) in [4.78, 5) is 21.4. The number of hydrogen-bond donors (Lipinski definition) is 2. The second-order valence-corrected chi connectivity index (χ2v) is 8.44. The molecule has 0 bridgehead atoms. The van der Waals surface area contributed by atoms with E-state index in [2.05, 4.69) is 51.7 Å². The zero-order valence-electron chi connectivity index (χ0n) is 18.1. The largest absolute Gasteiger partial charge is 0.357 e. The lowest BCUT2D eigenvalue weighted by atomic mass is 9.99. The summed E-state index contributed by atoms with van der Waals surface area (Å²) < 4.78 is 0. The third kappa shape index (κ3) is 7.03. The molecule has 6 heteroatoms. The Kier molecular flexibility index (Phi) is 8.35. The van der Waals surface area contributed by atoms with Gasteiger partial charge in [0, 0.05) is 32.7 Å². The summed E-state index contributed by atoms with van der Waals surface area (Å²) in [5, 5.41) is 6.41. The number of nitrogens with one attached hydrogen (secondary N) is 2. The topological polar surface area (TPSA) is 60.0 Å². The minimum atomic E-state index is 0.157. The van der Waals surface area contributed by atoms with Crippen molar-refractivity contribution in [2.24, 2.45) is 10.9 Å². The number of carbonyl (C=O) groups excluding carboxylic acids is 1. The molecule has 2 fully saturated rings. The highest BCUT2D eigenvalue weighted by Gasteiger charge is 2.18. The molecule has 1 atom stereocenters. The molecule has 0 spiro atoms. The van der Waals surface area contributed by atoms with Crippen LogP contribution in [0.3, 0.4) is 0 Å². The van der Waals surface area contributed by atoms with Crippen molar-refractivity contribution in [1.82, 2.24) is 20.4 Å². The molecule has 3 rings (SSSR count). The van der Waals surface area contributed by atoms with E-state index in [9.17, 15) is 4.79 Å². The molecule has 160 valence electrons. The Balaban J connectivity index is 1.48. The number of benzene rings is 1. The summed E-state index contributed by atoms with van der Waals surface area (Å²) in [5.74, 6) is 1.67. The number of rotatable bonds is 7. The number of likely N-dealkylation sites (tertiary alicyclic amines) is 2. The fraction of sp³-hybridized carbons (Fsp3) is 0.652. The minimum Gasteiger partial charge on any atom is -0.357 e. The van der Waals surface area contributed by atoms with Gasteiger partial charge in [-0.05, 0) is 56.2 Å². The smallest absolute Gasteiger partial charge is 0.241 e. The summed E-state index contributed by atoms with van der Waals surface area (Å²) >= 11 is 0. The predicted molar refractivity (Wildman–Crippen MR) is 119 cm³/mol. The SMILES string of the molecule is CCNC(=NCc1ccc(CN2CCCC(C)C2)cc1)NCC(=O)N1CCCC1. The van der Waals surface area contributed by atoms with Crippen molar-refractivity contribution in [2.45, 2.75) is 52.6 Å². The van der Waals surface area contributed by atoms with Gasteiger partial charge in [-0.3, -0.25) is 9.69 Å². The van der Waals surface area contributed by atoms with E-state index in [1.54, 1.807) is 0 Å². The molecular weight excluding hydrogens is 362 g/mol. The average molecular weight is 400 g/mol. The summed E-state index contributed by atoms with van der Waals surface area (Å²) in [6.45, 7) is 11.3. The van der Waals surface area contributed by atoms with E-state index in [4.69, 9.17) is 0 Å². The summed E-state index contributed by atoms with van der Waals surface area (Å²) in [5.41, 5.74) is 2.55. The van der Waals surface area contributed by atoms with Crippen molar-refractivity contribution in [1.29, 1.82) is 0 Å². The molecule has 2 aliphatic heterocycles. The van der Waals surface area contributed by atoms with Crippen molar-refractivity contribution >= 4 is 11.9 Å². The number of hydrogen-bond acceptors (Lipinski definition) is 3. The molecule has 1 aromatic rings. The second kappa shape index (κ2) is 11.2. The summed E-state index contributed by atoms with van der Waals surface area (Å²) in [6.07, 6.45) is 4.91. The quantitative estimate of drug-likeness (QED) is 0.547. The van der Waals surface area contributed by atoms with Crippen LogP contribution < -0.4 is 10.6 Å². The van der Waals surface area contributed by atoms with Crippen molar-refractivity contribution in [2.75, 3.05) is 39.3 Å². The number of piperidine rings is 1. The monoisotopic (exact) mass is 399 g/mol. The van der Waals surface area contributed by atoms with E-state index in [1.165, 1.54) is 37.1 Å². The fourth-order valence-electron chi connectivity index (χ4n) is 4.19. The van der Waals surface area contributed by atoms with Crippen LogP contribution in [0.2, 0.25) is 0 Å². The zero-order valence-corrected chi connectivity index (χ0v) is 18.1. The van der Waals surface area contributed by atoms with Crippen LogP contribution in [0.25, 0.3) is 0 Å². The van der Waals surface area contributed by atoms with Gasteiger partial charge in [0.25, 0.3) is 0 Å². The second-order valence-electron chi connectivity index (χ2n) is 8.44. The molecule has 1 unspecified atom stereocenters. The van der Waals surface area contributed by atoms with Gasteiger partial charge in [0.15, 0.2) is 5.96 Å². The molecule has 1 amide bonds. The van der Waals surface area contributed by atoms with E-state index in [-0.39, 0.29) is 5.91 Å². The molecule has 1 aromatic carbocycles. The molecule has 29 heavy (non-hydrogen) atoms. The Morgan fingerprint density at radius 3 is 2.48 bits per heavy atom. The Bertz CT molecular complexity index is 666. The van der Waals surface area contributed by atoms with Gasteiger partial charge in [0.1, 0.15) is 0 Å². The Morgan fingerprint density at radius 2 is 1.79 bits per heavy atom. The molecular formula is C23H37N5O. The summed E-state index contributed by atoms with van der Waals surface area (Å²) in [7, 11) is 0. The van der Waals surface area contributed by atoms with Gasteiger partial charge in [-0.15, -0.1) is 0 Å². The number of nitrogens with zero attached hydrogens (tertiary/aromatic N) is 3. The molecule has 2 aliphatic rings. The maximum absolute atomic E-state index is 12.2. The average Bonchev–Trinajstić information content (AvgIpc) is 3.26. The van der Waals surface area contributed by atoms with Crippen LogP contribution in [-0.2, 0) is 17.9 Å². The van der Waals surface area contributed by atoms with Gasteiger partial charge in [0.2, 0.25) is 5.91 Å². The van der Waals surface area contributed by atoms with Crippen LogP contribution in [0.1, 0.15) is 50.7 Å². The van der Waals surface area contributed by atoms with Gasteiger partial charge >= 0.3 is 0 Å². The highest BCUT2D eigenvalue weighted by atomic mass is 16.2. The van der Waals surface area contributed by atoms with Crippen molar-refractivity contribution < 1.29 is 4.79 Å². The van der Waals surface area contributed by atoms with Gasteiger partial charge in [0.05, 0.1) is 13.1 Å². The molecule has 0 saturated carbocycles. The molecule has 0 aromatic heterocycles. The first kappa shape index (κ1) is 21.6. The van der Waals surface area contributed by atoms with Gasteiger partial charge in [-0.1, -0.05) is 31.2 Å². The Labute approximate surface area is 175 Å². The number of amides is 1. The highest BCUT2D eigenvalue weighted by Crippen LogP contribution is 2.18. The van der Waals surface area contributed by atoms with E-state index >= 15 is 0 Å². The molecule has 2 N–H and O–H groups in total. The number of aliphatic imine (C=N–C) groups is 1. The highest BCUT2D eigenvalue weighted by molar-refractivity contribution is 5.86. The first-order valence-electron chi connectivity index (χ1n) is 11.2. The van der Waals surface area contributed by atoms with E-state index in [0.717, 1.165) is 44.9 Å². The van der Waals surface area contributed by atoms with Gasteiger partial charge in [-0.2, -0.15) is 0 Å². The number of guanidine groups is 1. The van der Waals surface area contributed by atoms with Crippen LogP contribution >= 0.6 is 0 Å². The fourth-order valence-corrected chi connectivity index (χ4v) is 4.19. The summed E-state index contributed by atoms with van der Waals surface area (Å²) in [6, 6.07) is 8.79. The van der Waals surface area contributed by atoms with Crippen LogP contribution in [0.15, 0.2) is 29.3 Å². The van der Waals surface area contributed by atoms with Gasteiger partial charge < -0.3 is 15.5 Å². The van der Waals surface area contributed by atoms with Crippen LogP contribution in [0, 0.1) is 5.92 Å². The molecule has 6 nitrogen and oxygen atoms in total. The Morgan fingerprint density at radius 1 is 1.07 bits per heavy atom. The van der Waals surface area contributed by atoms with Crippen molar-refractivity contribution in [3.05, 3.63) is 35.4 Å². The lowest BCUT2D eigenvalue weighted by Crippen LogP contribution is -2.44. The van der Waals surface area contributed by atoms with E-state index in [0.29, 0.717) is 19.0 Å². The van der Waals surface area contributed by atoms with Crippen LogP contribution in [0.5, 0.6) is 0 Å². The zero-order chi connectivity index (χ0) is 20.5. The molecule has 2 heterocycles. The van der Waals surface area contributed by atoms with Gasteiger partial charge in [-0.25, -0.2) is 4.99 Å².